The highest BCUT2D eigenvalue weighted by molar-refractivity contribution is 9.10. The second-order valence-electron chi connectivity index (χ2n) is 15.6. The summed E-state index contributed by atoms with van der Waals surface area (Å²) in [4.78, 5) is 26.4. The highest BCUT2D eigenvalue weighted by Gasteiger charge is 2.21. The van der Waals surface area contributed by atoms with Gasteiger partial charge in [0, 0.05) is 74.7 Å². The fraction of sp³-hybridized carbons (Fsp3) is 0.0741. The predicted molar refractivity (Wildman–Crippen MR) is 280 cm³/mol. The van der Waals surface area contributed by atoms with Gasteiger partial charge in [-0.2, -0.15) is 0 Å². The van der Waals surface area contributed by atoms with Gasteiger partial charge >= 0.3 is 0 Å². The summed E-state index contributed by atoms with van der Waals surface area (Å²) in [6.07, 6.45) is 6.69. The first-order valence-corrected chi connectivity index (χ1v) is 23.4. The van der Waals surface area contributed by atoms with Crippen LogP contribution in [-0.4, -0.2) is 44.1 Å². The van der Waals surface area contributed by atoms with Crippen LogP contribution in [0.3, 0.4) is 0 Å². The third-order valence-corrected chi connectivity index (χ3v) is 12.3. The van der Waals surface area contributed by atoms with E-state index in [0.717, 1.165) is 49.7 Å². The van der Waals surface area contributed by atoms with Gasteiger partial charge in [-0.05, 0) is 112 Å². The minimum absolute atomic E-state index is 0.130. The lowest BCUT2D eigenvalue weighted by Gasteiger charge is -2.19. The molecule has 17 heteroatoms. The number of rotatable bonds is 8. The van der Waals surface area contributed by atoms with Gasteiger partial charge < -0.3 is 20.5 Å². The molecule has 0 atom stereocenters. The summed E-state index contributed by atoms with van der Waals surface area (Å²) in [6, 6.07) is 33.7. The Bertz CT molecular complexity index is 3580. The normalized spacial score (nSPS) is 10.8. The molecule has 0 saturated carbocycles. The smallest absolute Gasteiger partial charge is 0.137 e. The van der Waals surface area contributed by atoms with Gasteiger partial charge in [0.05, 0.1) is 92.3 Å². The van der Waals surface area contributed by atoms with E-state index >= 15 is 4.39 Å². The number of hydrogen-bond donors (Lipinski definition) is 2. The molecule has 10 rings (SSSR count). The second kappa shape index (κ2) is 22.0. The van der Waals surface area contributed by atoms with Crippen LogP contribution in [0.1, 0.15) is 11.1 Å². The van der Waals surface area contributed by atoms with E-state index in [2.05, 4.69) is 67.1 Å². The number of anilines is 3. The maximum atomic E-state index is 15.1. The minimum atomic E-state index is -0.715. The Morgan fingerprint density at radius 3 is 1.59 bits per heavy atom. The molecule has 0 fully saturated rings. The predicted octanol–water partition coefficient (Wildman–Crippen LogP) is 15.1. The molecule has 10 aromatic rings. The first-order valence-electron chi connectivity index (χ1n) is 21.4. The number of aromatic nitrogens is 6. The highest BCUT2D eigenvalue weighted by atomic mass is 79.9. The lowest BCUT2D eigenvalue weighted by Crippen LogP contribution is -2.04. The van der Waals surface area contributed by atoms with Crippen LogP contribution in [0.5, 0.6) is 11.5 Å². The zero-order valence-electron chi connectivity index (χ0n) is 38.1. The van der Waals surface area contributed by atoms with Gasteiger partial charge in [-0.1, -0.05) is 48.0 Å². The van der Waals surface area contributed by atoms with Gasteiger partial charge in [-0.25, -0.2) is 27.5 Å². The summed E-state index contributed by atoms with van der Waals surface area (Å²) < 4.78 is 68.6. The molecule has 71 heavy (non-hydrogen) atoms. The van der Waals surface area contributed by atoms with Gasteiger partial charge in [0.2, 0.25) is 0 Å². The Balaban J connectivity index is 0.000000158. The van der Waals surface area contributed by atoms with E-state index in [1.807, 2.05) is 85.8 Å². The van der Waals surface area contributed by atoms with E-state index in [1.54, 1.807) is 64.1 Å². The molecule has 0 amide bonds. The van der Waals surface area contributed by atoms with E-state index in [0.29, 0.717) is 62.4 Å². The zero-order chi connectivity index (χ0) is 50.3. The molecular formula is C54H39Br2ClF4N8O2. The standard InChI is InChI=1S/C27H19BrF2N4O.C15H9ClF2N2.C12H11BrN2O/c1-15-25(21-8-3-4-9-31-21)33-22-13-18(29)12-20(30)24(22)26(15)34-23-11-17(28)14-32-27(23)16-6-5-7-19(10-16)35-2;1-8-14(16)13-10(18)6-9(17)7-12(13)20-15(8)11-4-2-3-5-19-11;1-16-10-4-2-3-8(5-10)12-11(14)6-9(13)7-15-12/h3-14H,1-2H3,(H,33,34);2-7H,1H3;2-7H,14H2,1H3. The van der Waals surface area contributed by atoms with E-state index < -0.39 is 23.3 Å². The molecule has 0 bridgehead atoms. The molecule has 0 radical (unpaired) electrons. The summed E-state index contributed by atoms with van der Waals surface area (Å²) in [5.74, 6) is -1.34. The lowest BCUT2D eigenvalue weighted by molar-refractivity contribution is 0.415. The summed E-state index contributed by atoms with van der Waals surface area (Å²) >= 11 is 13.0. The number of halogens is 7. The van der Waals surface area contributed by atoms with Crippen LogP contribution < -0.4 is 20.5 Å². The molecular weight excluding hydrogens is 1060 g/mol. The zero-order valence-corrected chi connectivity index (χ0v) is 42.0. The molecule has 0 spiro atoms. The highest BCUT2D eigenvalue weighted by Crippen LogP contribution is 2.40. The van der Waals surface area contributed by atoms with Crippen molar-refractivity contribution >= 4 is 82.3 Å². The SMILES string of the molecule is COc1cccc(-c2ncc(Br)cc2N)c1.COc1cccc(-c2ncc(Br)cc2Nc2c(C)c(-c3ccccn3)nc3cc(F)cc(F)c23)c1.Cc1c(-c2ccccn2)nc2cc(F)cc(F)c2c1Cl. The quantitative estimate of drug-likeness (QED) is 0.142. The van der Waals surface area contributed by atoms with Crippen molar-refractivity contribution < 1.29 is 27.0 Å². The number of methoxy groups -OCH3 is 2. The van der Waals surface area contributed by atoms with Crippen LogP contribution in [0.15, 0.2) is 155 Å². The van der Waals surface area contributed by atoms with Crippen molar-refractivity contribution in [3.63, 3.8) is 0 Å². The third-order valence-electron chi connectivity index (χ3n) is 10.9. The fourth-order valence-electron chi connectivity index (χ4n) is 7.56. The third kappa shape index (κ3) is 11.3. The van der Waals surface area contributed by atoms with Crippen molar-refractivity contribution in [2.24, 2.45) is 0 Å². The topological polar surface area (TPSA) is 134 Å². The Morgan fingerprint density at radius 2 is 1.06 bits per heavy atom. The minimum Gasteiger partial charge on any atom is -0.497 e. The molecule has 356 valence electrons. The average Bonchev–Trinajstić information content (AvgIpc) is 3.36. The summed E-state index contributed by atoms with van der Waals surface area (Å²) in [5.41, 5.74) is 14.7. The molecule has 10 nitrogen and oxygen atoms in total. The number of nitrogen functional groups attached to an aromatic ring is 1. The first kappa shape index (κ1) is 49.9. The monoisotopic (exact) mass is 1100 g/mol. The molecule has 6 aromatic heterocycles. The Kier molecular flexibility index (Phi) is 15.5. The van der Waals surface area contributed by atoms with Crippen LogP contribution in [0, 0.1) is 37.1 Å². The van der Waals surface area contributed by atoms with Crippen molar-refractivity contribution in [1.82, 2.24) is 29.9 Å². The van der Waals surface area contributed by atoms with Crippen molar-refractivity contribution in [2.75, 3.05) is 25.3 Å². The first-order chi connectivity index (χ1) is 34.2. The van der Waals surface area contributed by atoms with Crippen molar-refractivity contribution in [1.29, 1.82) is 0 Å². The van der Waals surface area contributed by atoms with Crippen LogP contribution in [0.25, 0.3) is 67.1 Å². The average molecular weight is 1100 g/mol. The number of nitrogens with zero attached hydrogens (tertiary/aromatic N) is 6. The van der Waals surface area contributed by atoms with Gasteiger partial charge in [0.25, 0.3) is 0 Å². The maximum Gasteiger partial charge on any atom is 0.137 e. The number of hydrogen-bond acceptors (Lipinski definition) is 10. The van der Waals surface area contributed by atoms with Crippen molar-refractivity contribution in [3.8, 4) is 56.8 Å². The number of nitrogens with one attached hydrogen (secondary N) is 1. The maximum absolute atomic E-state index is 15.1. The number of benzene rings is 4. The summed E-state index contributed by atoms with van der Waals surface area (Å²) in [7, 11) is 3.23. The largest absolute Gasteiger partial charge is 0.497 e. The molecule has 0 unspecified atom stereocenters. The van der Waals surface area contributed by atoms with E-state index in [4.69, 9.17) is 26.8 Å². The van der Waals surface area contributed by atoms with E-state index in [9.17, 15) is 13.2 Å². The van der Waals surface area contributed by atoms with Crippen LogP contribution >= 0.6 is 43.5 Å². The fourth-order valence-corrected chi connectivity index (χ4v) is 8.52. The number of ether oxygens (including phenoxy) is 2. The lowest BCUT2D eigenvalue weighted by atomic mass is 10.0. The molecule has 3 N–H and O–H groups in total. The Morgan fingerprint density at radius 1 is 0.549 bits per heavy atom. The van der Waals surface area contributed by atoms with Crippen molar-refractivity contribution in [3.05, 3.63) is 194 Å². The van der Waals surface area contributed by atoms with E-state index in [1.165, 1.54) is 6.07 Å². The van der Waals surface area contributed by atoms with Crippen LogP contribution in [-0.2, 0) is 0 Å². The van der Waals surface area contributed by atoms with Crippen molar-refractivity contribution in [2.45, 2.75) is 13.8 Å². The van der Waals surface area contributed by atoms with Crippen LogP contribution in [0.2, 0.25) is 5.02 Å². The Labute approximate surface area is 427 Å². The number of nitrogens with two attached hydrogens (primary N) is 1. The van der Waals surface area contributed by atoms with Gasteiger partial charge in [-0.15, -0.1) is 0 Å². The number of pyridine rings is 6. The molecule has 6 heterocycles. The molecule has 4 aromatic carbocycles. The van der Waals surface area contributed by atoms with Gasteiger partial charge in [-0.3, -0.25) is 19.9 Å². The van der Waals surface area contributed by atoms with Gasteiger partial charge in [0.15, 0.2) is 0 Å². The molecule has 0 aliphatic heterocycles. The summed E-state index contributed by atoms with van der Waals surface area (Å²) in [6.45, 7) is 3.57. The van der Waals surface area contributed by atoms with Gasteiger partial charge in [0.1, 0.15) is 34.8 Å². The second-order valence-corrected chi connectivity index (χ2v) is 17.8. The van der Waals surface area contributed by atoms with Crippen LogP contribution in [0.4, 0.5) is 34.6 Å². The van der Waals surface area contributed by atoms with E-state index in [-0.39, 0.29) is 26.8 Å². The molecule has 0 saturated heterocycles. The molecule has 0 aliphatic rings. The summed E-state index contributed by atoms with van der Waals surface area (Å²) in [5, 5.41) is 3.91. The Hall–Kier alpha value is -7.53. The number of fused-ring (bicyclic) bond motifs is 2. The molecule has 0 aliphatic carbocycles.